The number of hydrogen-bond donors (Lipinski definition) is 1. The molecule has 0 saturated carbocycles. The number of hydrogen-bond acceptors (Lipinski definition) is 6. The molecule has 0 aliphatic carbocycles. The largest absolute Gasteiger partial charge is 0.469 e. The van der Waals surface area contributed by atoms with Gasteiger partial charge in [0.05, 0.1) is 25.3 Å². The van der Waals surface area contributed by atoms with E-state index < -0.39 is 12.0 Å². The first-order valence-electron chi connectivity index (χ1n) is 7.93. The molecule has 0 fully saturated rings. The van der Waals surface area contributed by atoms with Gasteiger partial charge >= 0.3 is 5.97 Å². The fourth-order valence-corrected chi connectivity index (χ4v) is 2.47. The molecule has 26 heavy (non-hydrogen) atoms. The van der Waals surface area contributed by atoms with Crippen molar-refractivity contribution in [2.24, 2.45) is 0 Å². The molecule has 1 aromatic heterocycles. The molecular weight excluding hydrogens is 334 g/mol. The van der Waals surface area contributed by atoms with E-state index in [2.05, 4.69) is 20.8 Å². The molecule has 1 N–H and O–H groups in total. The first-order chi connectivity index (χ1) is 12.7. The Labute approximate surface area is 149 Å². The number of nitrogens with zero attached hydrogens (tertiary/aromatic N) is 4. The molecule has 132 valence electrons. The van der Waals surface area contributed by atoms with Crippen LogP contribution in [-0.2, 0) is 9.53 Å². The fourth-order valence-electron chi connectivity index (χ4n) is 2.47. The summed E-state index contributed by atoms with van der Waals surface area (Å²) in [4.78, 5) is 24.3. The summed E-state index contributed by atoms with van der Waals surface area (Å²) in [6.07, 6.45) is 1.52. The van der Waals surface area contributed by atoms with Crippen LogP contribution in [0.4, 0.5) is 0 Å². The number of amides is 1. The molecule has 0 radical (unpaired) electrons. The molecule has 3 aromatic rings. The molecule has 1 atom stereocenters. The van der Waals surface area contributed by atoms with Crippen LogP contribution in [0.1, 0.15) is 28.4 Å². The lowest BCUT2D eigenvalue weighted by Crippen LogP contribution is -2.30. The zero-order valence-electron chi connectivity index (χ0n) is 14.1. The first kappa shape index (κ1) is 17.3. The van der Waals surface area contributed by atoms with Gasteiger partial charge in [-0.25, -0.2) is 4.68 Å². The van der Waals surface area contributed by atoms with Gasteiger partial charge in [0.15, 0.2) is 0 Å². The van der Waals surface area contributed by atoms with Crippen LogP contribution >= 0.6 is 0 Å². The molecule has 2 aromatic carbocycles. The number of methoxy groups -OCH3 is 1. The molecule has 0 bridgehead atoms. The van der Waals surface area contributed by atoms with E-state index in [0.717, 1.165) is 11.3 Å². The van der Waals surface area contributed by atoms with Gasteiger partial charge < -0.3 is 10.1 Å². The lowest BCUT2D eigenvalue weighted by Gasteiger charge is -2.18. The summed E-state index contributed by atoms with van der Waals surface area (Å²) in [5, 5.41) is 13.8. The summed E-state index contributed by atoms with van der Waals surface area (Å²) in [7, 11) is 1.32. The van der Waals surface area contributed by atoms with Gasteiger partial charge in [0.2, 0.25) is 0 Å². The van der Waals surface area contributed by atoms with E-state index in [0.29, 0.717) is 5.56 Å². The molecule has 1 amide bonds. The Morgan fingerprint density at radius 1 is 1.12 bits per heavy atom. The zero-order chi connectivity index (χ0) is 18.4. The van der Waals surface area contributed by atoms with Gasteiger partial charge in [-0.1, -0.05) is 30.3 Å². The molecule has 0 spiro atoms. The minimum atomic E-state index is -0.477. The summed E-state index contributed by atoms with van der Waals surface area (Å²) in [5.74, 6) is -0.681. The van der Waals surface area contributed by atoms with E-state index in [9.17, 15) is 9.59 Å². The van der Waals surface area contributed by atoms with Gasteiger partial charge in [0.1, 0.15) is 6.33 Å². The molecule has 0 aliphatic rings. The summed E-state index contributed by atoms with van der Waals surface area (Å²) < 4.78 is 6.23. The van der Waals surface area contributed by atoms with Crippen molar-refractivity contribution in [1.82, 2.24) is 25.5 Å². The monoisotopic (exact) mass is 351 g/mol. The number of aromatic nitrogens is 4. The number of tetrazole rings is 1. The van der Waals surface area contributed by atoms with Crippen molar-refractivity contribution in [3.8, 4) is 5.69 Å². The number of benzene rings is 2. The summed E-state index contributed by atoms with van der Waals surface area (Å²) in [6.45, 7) is 0. The second-order valence-corrected chi connectivity index (χ2v) is 5.52. The standard InChI is InChI=1S/C18H17N5O3/c1-26-17(24)11-16(13-5-3-2-4-6-13)20-18(25)14-7-9-15(10-8-14)23-12-19-21-22-23/h2-10,12,16H,11H2,1H3,(H,20,25)/t16-/m0/s1. The highest BCUT2D eigenvalue weighted by molar-refractivity contribution is 5.94. The third-order valence-electron chi connectivity index (χ3n) is 3.85. The average Bonchev–Trinajstić information content (AvgIpc) is 3.23. The van der Waals surface area contributed by atoms with Crippen molar-refractivity contribution in [2.75, 3.05) is 7.11 Å². The molecule has 3 rings (SSSR count). The van der Waals surface area contributed by atoms with E-state index >= 15 is 0 Å². The SMILES string of the molecule is COC(=O)C[C@H](NC(=O)c1ccc(-n2cnnn2)cc1)c1ccccc1. The number of ether oxygens (including phenoxy) is 1. The summed E-state index contributed by atoms with van der Waals surface area (Å²) in [6, 6.07) is 15.6. The van der Waals surface area contributed by atoms with Crippen molar-refractivity contribution in [3.63, 3.8) is 0 Å². The van der Waals surface area contributed by atoms with E-state index in [4.69, 9.17) is 4.74 Å². The van der Waals surface area contributed by atoms with Crippen LogP contribution in [0, 0.1) is 0 Å². The van der Waals surface area contributed by atoms with E-state index in [-0.39, 0.29) is 12.3 Å². The highest BCUT2D eigenvalue weighted by Crippen LogP contribution is 2.18. The predicted octanol–water partition coefficient (Wildman–Crippen LogP) is 1.70. The summed E-state index contributed by atoms with van der Waals surface area (Å²) >= 11 is 0. The predicted molar refractivity (Wildman–Crippen MR) is 92.4 cm³/mol. The van der Waals surface area contributed by atoms with Crippen LogP contribution in [0.2, 0.25) is 0 Å². The quantitative estimate of drug-likeness (QED) is 0.679. The molecular formula is C18H17N5O3. The maximum absolute atomic E-state index is 12.6. The first-order valence-corrected chi connectivity index (χ1v) is 7.93. The van der Waals surface area contributed by atoms with E-state index in [1.165, 1.54) is 18.1 Å². The Balaban J connectivity index is 1.75. The van der Waals surface area contributed by atoms with Gasteiger partial charge in [-0.05, 0) is 40.3 Å². The maximum atomic E-state index is 12.6. The Hall–Kier alpha value is -3.55. The topological polar surface area (TPSA) is 99.0 Å². The van der Waals surface area contributed by atoms with Crippen LogP contribution in [0.5, 0.6) is 0 Å². The van der Waals surface area contributed by atoms with Crippen molar-refractivity contribution in [2.45, 2.75) is 12.5 Å². The van der Waals surface area contributed by atoms with E-state index in [1.54, 1.807) is 24.3 Å². The van der Waals surface area contributed by atoms with Crippen LogP contribution < -0.4 is 5.32 Å². The average molecular weight is 351 g/mol. The van der Waals surface area contributed by atoms with Crippen LogP contribution in [0.3, 0.4) is 0 Å². The van der Waals surface area contributed by atoms with Crippen LogP contribution in [0.25, 0.3) is 5.69 Å². The smallest absolute Gasteiger partial charge is 0.307 e. The van der Waals surface area contributed by atoms with Gasteiger partial charge in [-0.2, -0.15) is 0 Å². The Morgan fingerprint density at radius 2 is 1.85 bits per heavy atom. The maximum Gasteiger partial charge on any atom is 0.307 e. The minimum absolute atomic E-state index is 0.0506. The Kier molecular flexibility index (Phi) is 5.33. The lowest BCUT2D eigenvalue weighted by molar-refractivity contribution is -0.141. The van der Waals surface area contributed by atoms with Crippen molar-refractivity contribution in [3.05, 3.63) is 72.1 Å². The molecule has 0 saturated heterocycles. The number of esters is 1. The molecule has 0 aliphatic heterocycles. The van der Waals surface area contributed by atoms with Crippen LogP contribution in [-0.4, -0.2) is 39.2 Å². The number of carbonyl (C=O) groups is 2. The Bertz CT molecular complexity index is 864. The van der Waals surface area contributed by atoms with Gasteiger partial charge in [0, 0.05) is 5.56 Å². The third kappa shape index (κ3) is 4.10. The second kappa shape index (κ2) is 8.02. The van der Waals surface area contributed by atoms with Gasteiger partial charge in [-0.15, -0.1) is 5.10 Å². The fraction of sp³-hybridized carbons (Fsp3) is 0.167. The molecule has 0 unspecified atom stereocenters. The van der Waals surface area contributed by atoms with Gasteiger partial charge in [0.25, 0.3) is 5.91 Å². The minimum Gasteiger partial charge on any atom is -0.469 e. The number of nitrogens with one attached hydrogen (secondary N) is 1. The van der Waals surface area contributed by atoms with Gasteiger partial charge in [-0.3, -0.25) is 9.59 Å². The molecule has 8 nitrogen and oxygen atoms in total. The zero-order valence-corrected chi connectivity index (χ0v) is 14.1. The normalized spacial score (nSPS) is 11.6. The second-order valence-electron chi connectivity index (χ2n) is 5.52. The number of rotatable bonds is 6. The van der Waals surface area contributed by atoms with Crippen molar-refractivity contribution < 1.29 is 14.3 Å². The third-order valence-corrected chi connectivity index (χ3v) is 3.85. The number of carbonyl (C=O) groups excluding carboxylic acids is 2. The van der Waals surface area contributed by atoms with E-state index in [1.807, 2.05) is 30.3 Å². The Morgan fingerprint density at radius 3 is 2.46 bits per heavy atom. The highest BCUT2D eigenvalue weighted by atomic mass is 16.5. The highest BCUT2D eigenvalue weighted by Gasteiger charge is 2.19. The van der Waals surface area contributed by atoms with Crippen molar-refractivity contribution in [1.29, 1.82) is 0 Å². The molecule has 8 heteroatoms. The van der Waals surface area contributed by atoms with Crippen molar-refractivity contribution >= 4 is 11.9 Å². The lowest BCUT2D eigenvalue weighted by atomic mass is 10.0. The van der Waals surface area contributed by atoms with Crippen LogP contribution in [0.15, 0.2) is 60.9 Å². The summed E-state index contributed by atoms with van der Waals surface area (Å²) in [5.41, 5.74) is 2.03. The molecule has 1 heterocycles.